The molecule has 0 saturated heterocycles. The fourth-order valence-corrected chi connectivity index (χ4v) is 4.15. The summed E-state index contributed by atoms with van der Waals surface area (Å²) in [5, 5.41) is 0.744. The third-order valence-electron chi connectivity index (χ3n) is 2.41. The Balaban J connectivity index is 2.36. The van der Waals surface area contributed by atoms with Gasteiger partial charge in [0, 0.05) is 10.4 Å². The van der Waals surface area contributed by atoms with Crippen LogP contribution in [0.4, 0.5) is 0 Å². The molecule has 0 radical (unpaired) electrons. The zero-order chi connectivity index (χ0) is 13.1. The van der Waals surface area contributed by atoms with Gasteiger partial charge in [-0.15, -0.1) is 11.3 Å². The number of hydrogen-bond donors (Lipinski definition) is 0. The normalized spacial score (nSPS) is 12.4. The smallest absolute Gasteiger partial charge is 0.123 e. The zero-order valence-electron chi connectivity index (χ0n) is 9.62. The van der Waals surface area contributed by atoms with E-state index in [1.54, 1.807) is 11.3 Å². The largest absolute Gasteiger partial charge is 0.494 e. The first-order chi connectivity index (χ1) is 8.63. The van der Waals surface area contributed by atoms with Crippen molar-refractivity contribution in [3.8, 4) is 5.75 Å². The van der Waals surface area contributed by atoms with Gasteiger partial charge in [-0.1, -0.05) is 45.7 Å². The van der Waals surface area contributed by atoms with Crippen molar-refractivity contribution in [2.75, 3.05) is 6.61 Å². The first-order valence-electron chi connectivity index (χ1n) is 5.44. The molecule has 1 nitrogen and oxygen atoms in total. The summed E-state index contributed by atoms with van der Waals surface area (Å²) in [6, 6.07) is 10.0. The second-order valence-corrected chi connectivity index (χ2v) is 7.33. The average Bonchev–Trinajstić information content (AvgIpc) is 2.70. The Morgan fingerprint density at radius 1 is 1.39 bits per heavy atom. The van der Waals surface area contributed by atoms with E-state index in [1.807, 2.05) is 31.2 Å². The monoisotopic (exact) mass is 408 g/mol. The van der Waals surface area contributed by atoms with Crippen LogP contribution in [-0.2, 0) is 0 Å². The number of hydrogen-bond acceptors (Lipinski definition) is 2. The van der Waals surface area contributed by atoms with Gasteiger partial charge in [0.15, 0.2) is 0 Å². The molecule has 2 aromatic rings. The van der Waals surface area contributed by atoms with Crippen LogP contribution in [0.2, 0.25) is 5.02 Å². The number of halogens is 3. The first-order valence-corrected chi connectivity index (χ1v) is 8.34. The molecule has 1 atom stereocenters. The second kappa shape index (κ2) is 6.42. The van der Waals surface area contributed by atoms with Crippen LogP contribution in [0.15, 0.2) is 34.1 Å². The van der Waals surface area contributed by atoms with Gasteiger partial charge in [-0.25, -0.2) is 0 Å². The molecule has 1 aromatic heterocycles. The van der Waals surface area contributed by atoms with Crippen molar-refractivity contribution in [3.63, 3.8) is 0 Å². The molecule has 0 spiro atoms. The first kappa shape index (κ1) is 14.4. The number of rotatable bonds is 4. The summed E-state index contributed by atoms with van der Waals surface area (Å²) in [5.74, 6) is 0.905. The van der Waals surface area contributed by atoms with Crippen LogP contribution in [-0.4, -0.2) is 6.61 Å². The highest BCUT2D eigenvalue weighted by Gasteiger charge is 2.18. The lowest BCUT2D eigenvalue weighted by molar-refractivity contribution is 0.337. The van der Waals surface area contributed by atoms with Crippen LogP contribution in [0.5, 0.6) is 5.75 Å². The van der Waals surface area contributed by atoms with E-state index in [4.69, 9.17) is 16.3 Å². The SMILES string of the molecule is CCOc1ccccc1C(Br)c1cc(Cl)c(Br)s1. The van der Waals surface area contributed by atoms with E-state index in [2.05, 4.69) is 37.9 Å². The maximum absolute atomic E-state index is 6.07. The lowest BCUT2D eigenvalue weighted by Crippen LogP contribution is -1.98. The van der Waals surface area contributed by atoms with Crippen LogP contribution >= 0.6 is 54.8 Å². The third kappa shape index (κ3) is 3.10. The van der Waals surface area contributed by atoms with E-state index in [9.17, 15) is 0 Å². The summed E-state index contributed by atoms with van der Waals surface area (Å²) < 4.78 is 6.60. The molecule has 96 valence electrons. The van der Waals surface area contributed by atoms with Gasteiger partial charge >= 0.3 is 0 Å². The highest BCUT2D eigenvalue weighted by molar-refractivity contribution is 9.11. The molecule has 0 saturated carbocycles. The summed E-state index contributed by atoms with van der Waals surface area (Å²) in [6.07, 6.45) is 0. The van der Waals surface area contributed by atoms with Crippen LogP contribution in [0.25, 0.3) is 0 Å². The summed E-state index contributed by atoms with van der Waals surface area (Å²) in [6.45, 7) is 2.64. The van der Waals surface area contributed by atoms with Crippen molar-refractivity contribution in [1.29, 1.82) is 0 Å². The highest BCUT2D eigenvalue weighted by Crippen LogP contribution is 2.43. The Kier molecular flexibility index (Phi) is 5.13. The van der Waals surface area contributed by atoms with Gasteiger partial charge in [-0.3, -0.25) is 0 Å². The van der Waals surface area contributed by atoms with Crippen LogP contribution < -0.4 is 4.74 Å². The van der Waals surface area contributed by atoms with E-state index in [0.717, 1.165) is 25.0 Å². The number of benzene rings is 1. The number of para-hydroxylation sites is 1. The fraction of sp³-hybridized carbons (Fsp3) is 0.231. The molecule has 0 amide bonds. The Hall–Kier alpha value is -0.0300. The average molecular weight is 411 g/mol. The molecule has 0 bridgehead atoms. The summed E-state index contributed by atoms with van der Waals surface area (Å²) in [4.78, 5) is 1.24. The molecule has 0 fully saturated rings. The van der Waals surface area contributed by atoms with E-state index in [0.29, 0.717) is 6.61 Å². The third-order valence-corrected chi connectivity index (χ3v) is 6.24. The van der Waals surface area contributed by atoms with Gasteiger partial charge in [0.25, 0.3) is 0 Å². The van der Waals surface area contributed by atoms with Gasteiger partial charge in [0.2, 0.25) is 0 Å². The van der Waals surface area contributed by atoms with Crippen molar-refractivity contribution in [2.24, 2.45) is 0 Å². The molecule has 1 heterocycles. The molecule has 0 aliphatic heterocycles. The number of thiophene rings is 1. The Morgan fingerprint density at radius 2 is 2.11 bits per heavy atom. The minimum Gasteiger partial charge on any atom is -0.494 e. The molecular weight excluding hydrogens is 399 g/mol. The van der Waals surface area contributed by atoms with Crippen molar-refractivity contribution in [2.45, 2.75) is 11.8 Å². The highest BCUT2D eigenvalue weighted by atomic mass is 79.9. The van der Waals surface area contributed by atoms with Crippen molar-refractivity contribution >= 4 is 54.8 Å². The molecule has 2 rings (SSSR count). The Bertz CT molecular complexity index is 522. The Morgan fingerprint density at radius 3 is 2.72 bits per heavy atom. The predicted octanol–water partition coefficient (Wildman–Crippen LogP) is 6.05. The van der Waals surface area contributed by atoms with Crippen LogP contribution in [0.3, 0.4) is 0 Å². The molecule has 0 aliphatic carbocycles. The minimum atomic E-state index is 0.0917. The van der Waals surface area contributed by atoms with Crippen LogP contribution in [0.1, 0.15) is 22.2 Å². The fourth-order valence-electron chi connectivity index (χ4n) is 1.62. The van der Waals surface area contributed by atoms with E-state index >= 15 is 0 Å². The second-order valence-electron chi connectivity index (χ2n) is 3.60. The van der Waals surface area contributed by atoms with Gasteiger partial charge in [0.1, 0.15) is 5.75 Å². The van der Waals surface area contributed by atoms with E-state index < -0.39 is 0 Å². The maximum atomic E-state index is 6.07. The molecular formula is C13H11Br2ClOS. The molecule has 1 unspecified atom stereocenters. The van der Waals surface area contributed by atoms with Gasteiger partial charge in [0.05, 0.1) is 20.2 Å². The predicted molar refractivity (Wildman–Crippen MR) is 85.4 cm³/mol. The molecule has 0 N–H and O–H groups in total. The molecule has 0 aliphatic rings. The van der Waals surface area contributed by atoms with E-state index in [1.165, 1.54) is 0 Å². The summed E-state index contributed by atoms with van der Waals surface area (Å²) in [5.41, 5.74) is 1.12. The van der Waals surface area contributed by atoms with Crippen molar-refractivity contribution in [1.82, 2.24) is 0 Å². The number of ether oxygens (including phenoxy) is 1. The quantitative estimate of drug-likeness (QED) is 0.558. The standard InChI is InChI=1S/C13H11Br2ClOS/c1-2-17-10-6-4-3-5-8(10)12(14)11-7-9(16)13(15)18-11/h3-7,12H,2H2,1H3. The molecule has 18 heavy (non-hydrogen) atoms. The summed E-state index contributed by atoms with van der Waals surface area (Å²) in [7, 11) is 0. The van der Waals surface area contributed by atoms with Gasteiger partial charge in [-0.2, -0.15) is 0 Å². The summed E-state index contributed by atoms with van der Waals surface area (Å²) >= 11 is 14.9. The van der Waals surface area contributed by atoms with Crippen LogP contribution in [0, 0.1) is 0 Å². The lowest BCUT2D eigenvalue weighted by Gasteiger charge is -2.13. The molecule has 1 aromatic carbocycles. The van der Waals surface area contributed by atoms with Crippen molar-refractivity contribution < 1.29 is 4.74 Å². The Labute approximate surface area is 132 Å². The maximum Gasteiger partial charge on any atom is 0.123 e. The lowest BCUT2D eigenvalue weighted by atomic mass is 10.1. The number of alkyl halides is 1. The van der Waals surface area contributed by atoms with Gasteiger partial charge in [-0.05, 0) is 35.0 Å². The minimum absolute atomic E-state index is 0.0917. The van der Waals surface area contributed by atoms with Crippen molar-refractivity contribution in [3.05, 3.63) is 49.6 Å². The van der Waals surface area contributed by atoms with E-state index in [-0.39, 0.29) is 4.83 Å². The zero-order valence-corrected chi connectivity index (χ0v) is 14.4. The molecule has 5 heteroatoms. The topological polar surface area (TPSA) is 9.23 Å². The van der Waals surface area contributed by atoms with Gasteiger partial charge < -0.3 is 4.74 Å².